The first-order valence-electron chi connectivity index (χ1n) is 12.1. The van der Waals surface area contributed by atoms with E-state index in [-0.39, 0.29) is 12.2 Å². The van der Waals surface area contributed by atoms with Crippen molar-refractivity contribution in [1.29, 1.82) is 0 Å². The van der Waals surface area contributed by atoms with Crippen LogP contribution in [0, 0.1) is 5.82 Å². The Morgan fingerprint density at radius 3 is 2.60 bits per heavy atom. The first-order chi connectivity index (χ1) is 19.4. The summed E-state index contributed by atoms with van der Waals surface area (Å²) in [5.74, 6) is -0.809. The predicted octanol–water partition coefficient (Wildman–Crippen LogP) is 3.90. The number of carbonyl (C=O) groups is 1. The van der Waals surface area contributed by atoms with Gasteiger partial charge >= 0.3 is 0 Å². The molecule has 2 aromatic heterocycles. The summed E-state index contributed by atoms with van der Waals surface area (Å²) in [7, 11) is 0. The van der Waals surface area contributed by atoms with Gasteiger partial charge in [0.2, 0.25) is 5.91 Å². The topological polar surface area (TPSA) is 144 Å². The van der Waals surface area contributed by atoms with Gasteiger partial charge in [-0.15, -0.1) is 5.10 Å². The summed E-state index contributed by atoms with van der Waals surface area (Å²) in [6, 6.07) is 18.8. The number of aromatic nitrogens is 6. The van der Waals surface area contributed by atoms with Crippen LogP contribution in [0.2, 0.25) is 5.02 Å². The highest BCUT2D eigenvalue weighted by Gasteiger charge is 2.19. The van der Waals surface area contributed by atoms with Crippen molar-refractivity contribution in [1.82, 2.24) is 35.7 Å². The summed E-state index contributed by atoms with van der Waals surface area (Å²) in [6.07, 6.45) is 4.66. The number of nitrogens with zero attached hydrogens (tertiary/aromatic N) is 5. The molecule has 3 aromatic carbocycles. The van der Waals surface area contributed by atoms with Crippen molar-refractivity contribution in [3.63, 3.8) is 0 Å². The molecule has 0 aliphatic rings. The Kier molecular flexibility index (Phi) is 7.74. The van der Waals surface area contributed by atoms with Crippen LogP contribution in [-0.4, -0.2) is 36.3 Å². The average molecular weight is 557 g/mol. The van der Waals surface area contributed by atoms with E-state index in [1.807, 2.05) is 0 Å². The van der Waals surface area contributed by atoms with Gasteiger partial charge in [0.15, 0.2) is 0 Å². The standard InChI is InChI=1S/C28H22ClFN8O2/c29-20-6-11-26(38-16-32-36-37-38)19(14-20)5-12-27(39)33-24(13-17-1-7-21(30)8-2-17)25-15-23(28(40)35-34-25)18-3-9-22(31)10-4-18/h1-12,14-16,24H,13,31H2,(H,33,39)(H,35,40)/b12-5+/t24-/m0/s1. The lowest BCUT2D eigenvalue weighted by molar-refractivity contribution is -0.117. The summed E-state index contributed by atoms with van der Waals surface area (Å²) in [6.45, 7) is 0. The van der Waals surface area contributed by atoms with Crippen molar-refractivity contribution in [3.8, 4) is 16.8 Å². The molecule has 40 heavy (non-hydrogen) atoms. The van der Waals surface area contributed by atoms with E-state index in [0.717, 1.165) is 5.56 Å². The molecule has 0 spiro atoms. The van der Waals surface area contributed by atoms with Crippen molar-refractivity contribution < 1.29 is 9.18 Å². The Balaban J connectivity index is 1.45. The molecule has 0 bridgehead atoms. The van der Waals surface area contributed by atoms with Gasteiger partial charge in [-0.05, 0) is 82.6 Å². The Morgan fingerprint density at radius 2 is 1.88 bits per heavy atom. The summed E-state index contributed by atoms with van der Waals surface area (Å²) >= 11 is 6.18. The highest BCUT2D eigenvalue weighted by Crippen LogP contribution is 2.23. The van der Waals surface area contributed by atoms with Crippen molar-refractivity contribution in [2.75, 3.05) is 5.73 Å². The summed E-state index contributed by atoms with van der Waals surface area (Å²) < 4.78 is 15.0. The minimum Gasteiger partial charge on any atom is -0.399 e. The van der Waals surface area contributed by atoms with Crippen LogP contribution in [0.1, 0.15) is 22.9 Å². The van der Waals surface area contributed by atoms with Crippen LogP contribution in [0.4, 0.5) is 10.1 Å². The number of hydrogen-bond donors (Lipinski definition) is 3. The van der Waals surface area contributed by atoms with Crippen LogP contribution in [0.25, 0.3) is 22.9 Å². The van der Waals surface area contributed by atoms with E-state index in [1.165, 1.54) is 29.2 Å². The second-order valence-corrected chi connectivity index (χ2v) is 9.28. The van der Waals surface area contributed by atoms with E-state index < -0.39 is 17.5 Å². The molecule has 0 fully saturated rings. The van der Waals surface area contributed by atoms with Crippen LogP contribution in [0.5, 0.6) is 0 Å². The Bertz CT molecular complexity index is 1720. The van der Waals surface area contributed by atoms with Gasteiger partial charge in [-0.2, -0.15) is 9.78 Å². The molecular weight excluding hydrogens is 535 g/mol. The van der Waals surface area contributed by atoms with Gasteiger partial charge in [0.05, 0.1) is 23.0 Å². The molecule has 10 nitrogen and oxygen atoms in total. The zero-order valence-corrected chi connectivity index (χ0v) is 21.6. The van der Waals surface area contributed by atoms with Gasteiger partial charge in [0, 0.05) is 22.3 Å². The van der Waals surface area contributed by atoms with Crippen LogP contribution >= 0.6 is 11.6 Å². The number of nitrogen functional groups attached to an aromatic ring is 1. The molecule has 12 heteroatoms. The molecule has 0 saturated heterocycles. The summed E-state index contributed by atoms with van der Waals surface area (Å²) in [5, 5.41) is 21.3. The van der Waals surface area contributed by atoms with Gasteiger partial charge < -0.3 is 11.1 Å². The summed E-state index contributed by atoms with van der Waals surface area (Å²) in [5.41, 5.74) is 9.37. The maximum absolute atomic E-state index is 13.5. The fraction of sp³-hybridized carbons (Fsp3) is 0.0714. The van der Waals surface area contributed by atoms with Gasteiger partial charge in [-0.1, -0.05) is 35.9 Å². The lowest BCUT2D eigenvalue weighted by Crippen LogP contribution is -2.30. The number of aromatic amines is 1. The minimum absolute atomic E-state index is 0.285. The van der Waals surface area contributed by atoms with E-state index in [2.05, 4.69) is 31.0 Å². The molecule has 1 atom stereocenters. The van der Waals surface area contributed by atoms with Crippen molar-refractivity contribution in [3.05, 3.63) is 123 Å². The number of nitrogens with two attached hydrogens (primary N) is 1. The number of amides is 1. The largest absolute Gasteiger partial charge is 0.399 e. The van der Waals surface area contributed by atoms with Crippen molar-refractivity contribution >= 4 is 29.3 Å². The van der Waals surface area contributed by atoms with Crippen LogP contribution in [-0.2, 0) is 11.2 Å². The molecule has 0 unspecified atom stereocenters. The number of rotatable bonds is 8. The molecule has 200 valence electrons. The predicted molar refractivity (Wildman–Crippen MR) is 149 cm³/mol. The quantitative estimate of drug-likeness (QED) is 0.194. The highest BCUT2D eigenvalue weighted by atomic mass is 35.5. The average Bonchev–Trinajstić information content (AvgIpc) is 3.48. The van der Waals surface area contributed by atoms with E-state index in [0.29, 0.717) is 38.8 Å². The SMILES string of the molecule is Nc1ccc(-c2cc([C@H](Cc3ccc(F)cc3)NC(=O)/C=C/c3cc(Cl)ccc3-n3cnnn3)n[nH]c2=O)cc1. The van der Waals surface area contributed by atoms with E-state index >= 15 is 0 Å². The third kappa shape index (κ3) is 6.27. The molecule has 4 N–H and O–H groups in total. The summed E-state index contributed by atoms with van der Waals surface area (Å²) in [4.78, 5) is 25.7. The first-order valence-corrected chi connectivity index (χ1v) is 12.4. The molecule has 2 heterocycles. The monoisotopic (exact) mass is 556 g/mol. The maximum Gasteiger partial charge on any atom is 0.272 e. The Morgan fingerprint density at radius 1 is 1.10 bits per heavy atom. The molecule has 5 rings (SSSR count). The molecule has 1 amide bonds. The van der Waals surface area contributed by atoms with Crippen LogP contribution in [0.3, 0.4) is 0 Å². The van der Waals surface area contributed by atoms with Gasteiger partial charge in [-0.25, -0.2) is 9.49 Å². The molecule has 0 radical (unpaired) electrons. The molecular formula is C28H22ClFN8O2. The van der Waals surface area contributed by atoms with E-state index in [1.54, 1.807) is 66.7 Å². The van der Waals surface area contributed by atoms with Crippen LogP contribution in [0.15, 0.2) is 90.0 Å². The fourth-order valence-corrected chi connectivity index (χ4v) is 4.27. The number of benzene rings is 3. The number of nitrogens with one attached hydrogen (secondary N) is 2. The second kappa shape index (κ2) is 11.7. The molecule has 0 aliphatic carbocycles. The second-order valence-electron chi connectivity index (χ2n) is 8.84. The number of anilines is 1. The zero-order chi connectivity index (χ0) is 28.1. The normalized spacial score (nSPS) is 11.9. The number of hydrogen-bond acceptors (Lipinski definition) is 7. The molecule has 0 saturated carbocycles. The Hall–Kier alpha value is -5.16. The third-order valence-corrected chi connectivity index (χ3v) is 6.31. The third-order valence-electron chi connectivity index (χ3n) is 6.07. The van der Waals surface area contributed by atoms with Gasteiger partial charge in [0.1, 0.15) is 12.1 Å². The fourth-order valence-electron chi connectivity index (χ4n) is 4.09. The minimum atomic E-state index is -0.662. The maximum atomic E-state index is 13.5. The van der Waals surface area contributed by atoms with Gasteiger partial charge in [0.25, 0.3) is 5.56 Å². The zero-order valence-electron chi connectivity index (χ0n) is 20.8. The van der Waals surface area contributed by atoms with E-state index in [4.69, 9.17) is 17.3 Å². The van der Waals surface area contributed by atoms with Crippen LogP contribution < -0.4 is 16.6 Å². The smallest absolute Gasteiger partial charge is 0.272 e. The van der Waals surface area contributed by atoms with Crippen molar-refractivity contribution in [2.24, 2.45) is 0 Å². The number of carbonyl (C=O) groups excluding carboxylic acids is 1. The number of H-pyrrole nitrogens is 1. The lowest BCUT2D eigenvalue weighted by Gasteiger charge is -2.18. The van der Waals surface area contributed by atoms with Gasteiger partial charge in [-0.3, -0.25) is 9.59 Å². The highest BCUT2D eigenvalue weighted by molar-refractivity contribution is 6.30. The molecule has 5 aromatic rings. The first kappa shape index (κ1) is 26.4. The van der Waals surface area contributed by atoms with Crippen molar-refractivity contribution in [2.45, 2.75) is 12.5 Å². The Labute approximate surface area is 232 Å². The number of tetrazole rings is 1. The number of halogens is 2. The van der Waals surface area contributed by atoms with E-state index in [9.17, 15) is 14.0 Å². The molecule has 0 aliphatic heterocycles. The lowest BCUT2D eigenvalue weighted by atomic mass is 10.00.